The first-order valence-corrected chi connectivity index (χ1v) is 12.0. The second-order valence-electron chi connectivity index (χ2n) is 8.07. The Kier molecular flexibility index (Phi) is 6.75. The number of amides is 1. The Morgan fingerprint density at radius 3 is 2.37 bits per heavy atom. The number of methoxy groups -OCH3 is 2. The lowest BCUT2D eigenvalue weighted by atomic mass is 10.0. The predicted molar refractivity (Wildman–Crippen MR) is 148 cm³/mol. The molecule has 5 aromatic rings. The summed E-state index contributed by atoms with van der Waals surface area (Å²) in [5.74, 6) is 1.27. The van der Waals surface area contributed by atoms with Crippen LogP contribution in [0.4, 0.5) is 17.3 Å². The van der Waals surface area contributed by atoms with Crippen LogP contribution in [0.3, 0.4) is 0 Å². The minimum atomic E-state index is -0.336. The Bertz CT molecular complexity index is 1710. The summed E-state index contributed by atoms with van der Waals surface area (Å²) < 4.78 is 12.5. The second-order valence-corrected chi connectivity index (χ2v) is 8.83. The van der Waals surface area contributed by atoms with Gasteiger partial charge in [-0.15, -0.1) is 5.10 Å². The van der Waals surface area contributed by atoms with Gasteiger partial charge in [0.1, 0.15) is 17.3 Å². The van der Waals surface area contributed by atoms with E-state index in [0.29, 0.717) is 72.5 Å². The van der Waals surface area contributed by atoms with Gasteiger partial charge in [0, 0.05) is 28.8 Å². The third kappa shape index (κ3) is 4.44. The predicted octanol–water partition coefficient (Wildman–Crippen LogP) is 5.84. The van der Waals surface area contributed by atoms with Crippen molar-refractivity contribution < 1.29 is 14.3 Å². The normalized spacial score (nSPS) is 11.0. The first-order valence-electron chi connectivity index (χ1n) is 11.3. The number of nitrogens with one attached hydrogen (secondary N) is 2. The van der Waals surface area contributed by atoms with Crippen molar-refractivity contribution in [2.75, 3.05) is 24.9 Å². The molecular weight excluding hydrogens is 529 g/mol. The summed E-state index contributed by atoms with van der Waals surface area (Å²) in [5.41, 5.74) is 3.22. The van der Waals surface area contributed by atoms with E-state index in [0.717, 1.165) is 0 Å². The third-order valence-corrected chi connectivity index (χ3v) is 6.46. The van der Waals surface area contributed by atoms with Crippen LogP contribution in [0.25, 0.3) is 27.8 Å². The number of aromatic nitrogens is 5. The quantitative estimate of drug-likeness (QED) is 0.243. The van der Waals surface area contributed by atoms with Gasteiger partial charge in [0.15, 0.2) is 11.3 Å². The van der Waals surface area contributed by atoms with Crippen LogP contribution in [0, 0.1) is 6.92 Å². The number of pyridine rings is 1. The third-order valence-electron chi connectivity index (χ3n) is 5.71. The van der Waals surface area contributed by atoms with Gasteiger partial charge in [-0.3, -0.25) is 4.79 Å². The van der Waals surface area contributed by atoms with Gasteiger partial charge in [0.2, 0.25) is 11.9 Å². The molecule has 2 N–H and O–H groups in total. The summed E-state index contributed by atoms with van der Waals surface area (Å²) in [7, 11) is 3.03. The molecule has 0 fully saturated rings. The molecule has 3 aromatic heterocycles. The number of carbonyl (C=O) groups excluding carboxylic acids is 1. The van der Waals surface area contributed by atoms with Gasteiger partial charge in [-0.25, -0.2) is 9.97 Å². The number of anilines is 3. The molecule has 10 nitrogen and oxygen atoms in total. The average molecular weight is 550 g/mol. The topological polar surface area (TPSA) is 116 Å². The van der Waals surface area contributed by atoms with E-state index in [1.807, 2.05) is 12.1 Å². The van der Waals surface area contributed by atoms with Crippen LogP contribution in [0.1, 0.15) is 5.82 Å². The zero-order chi connectivity index (χ0) is 27.0. The molecule has 0 saturated carbocycles. The van der Waals surface area contributed by atoms with Crippen LogP contribution in [0.15, 0.2) is 55.3 Å². The van der Waals surface area contributed by atoms with E-state index in [-0.39, 0.29) is 5.91 Å². The number of nitrogens with zero attached hydrogens (tertiary/aromatic N) is 5. The van der Waals surface area contributed by atoms with Crippen molar-refractivity contribution in [2.45, 2.75) is 6.92 Å². The van der Waals surface area contributed by atoms with E-state index in [1.54, 1.807) is 41.9 Å². The minimum absolute atomic E-state index is 0.291. The van der Waals surface area contributed by atoms with Gasteiger partial charge in [0.25, 0.3) is 0 Å². The Morgan fingerprint density at radius 2 is 1.71 bits per heavy atom. The Labute approximate surface area is 227 Å². The minimum Gasteiger partial charge on any atom is -0.495 e. The lowest BCUT2D eigenvalue weighted by molar-refractivity contribution is -0.111. The number of ether oxygens (including phenoxy) is 2. The number of hydrogen-bond acceptors (Lipinski definition) is 8. The van der Waals surface area contributed by atoms with E-state index < -0.39 is 0 Å². The molecule has 0 unspecified atom stereocenters. The summed E-state index contributed by atoms with van der Waals surface area (Å²) in [5, 5.41) is 11.7. The molecule has 0 radical (unpaired) electrons. The molecule has 0 aliphatic rings. The Balaban J connectivity index is 1.68. The van der Waals surface area contributed by atoms with Crippen LogP contribution >= 0.6 is 23.2 Å². The van der Waals surface area contributed by atoms with E-state index in [4.69, 9.17) is 32.7 Å². The van der Waals surface area contributed by atoms with Crippen molar-refractivity contribution in [2.24, 2.45) is 0 Å². The molecule has 0 saturated heterocycles. The maximum absolute atomic E-state index is 11.8. The molecule has 0 aliphatic carbocycles. The molecule has 0 bridgehead atoms. The van der Waals surface area contributed by atoms with Gasteiger partial charge >= 0.3 is 0 Å². The summed E-state index contributed by atoms with van der Waals surface area (Å²) in [6.45, 7) is 5.27. The highest BCUT2D eigenvalue weighted by molar-refractivity contribution is 6.41. The molecule has 0 spiro atoms. The van der Waals surface area contributed by atoms with Gasteiger partial charge in [-0.1, -0.05) is 41.9 Å². The lowest BCUT2D eigenvalue weighted by Crippen LogP contribution is -2.10. The Hall–Kier alpha value is -4.41. The van der Waals surface area contributed by atoms with Gasteiger partial charge in [0.05, 0.1) is 35.6 Å². The number of para-hydroxylation sites is 2. The standard InChI is InChI=1S/C26H21Cl2N7O3/c1-5-20(36)31-16-8-6-7-9-17(16)32-26-29-12-14-10-15(25-30-13(2)34-35(25)24(14)33-26)21-22(27)18(37-3)11-19(38-4)23(21)28/h5-12H,1H2,2-4H3,(H,31,36)(H,29,32,33). The molecule has 12 heteroatoms. The first kappa shape index (κ1) is 25.2. The fraction of sp³-hybridized carbons (Fsp3) is 0.115. The van der Waals surface area contributed by atoms with E-state index in [2.05, 4.69) is 37.3 Å². The average Bonchev–Trinajstić information content (AvgIpc) is 3.32. The fourth-order valence-electron chi connectivity index (χ4n) is 3.98. The number of carbonyl (C=O) groups is 1. The van der Waals surface area contributed by atoms with Gasteiger partial charge in [-0.2, -0.15) is 9.50 Å². The largest absolute Gasteiger partial charge is 0.495 e. The highest BCUT2D eigenvalue weighted by Crippen LogP contribution is 2.47. The fourth-order valence-corrected chi connectivity index (χ4v) is 4.69. The van der Waals surface area contributed by atoms with E-state index in [9.17, 15) is 4.79 Å². The highest BCUT2D eigenvalue weighted by Gasteiger charge is 2.23. The summed E-state index contributed by atoms with van der Waals surface area (Å²) in [6.07, 6.45) is 2.84. The van der Waals surface area contributed by atoms with Crippen LogP contribution in [-0.2, 0) is 4.79 Å². The molecule has 192 valence electrons. The van der Waals surface area contributed by atoms with Crippen molar-refractivity contribution >= 4 is 63.1 Å². The van der Waals surface area contributed by atoms with E-state index in [1.165, 1.54) is 20.3 Å². The molecular formula is C26H21Cl2N7O3. The molecule has 2 aromatic carbocycles. The SMILES string of the molecule is C=CC(=O)Nc1ccccc1Nc1ncc2cc(-c3c(Cl)c(OC)cc(OC)c3Cl)c3nc(C)nn3c2n1. The zero-order valence-electron chi connectivity index (χ0n) is 20.5. The van der Waals surface area contributed by atoms with Crippen molar-refractivity contribution in [3.8, 4) is 22.6 Å². The second kappa shape index (κ2) is 10.2. The lowest BCUT2D eigenvalue weighted by Gasteiger charge is -2.16. The molecule has 5 rings (SSSR count). The van der Waals surface area contributed by atoms with Crippen molar-refractivity contribution in [3.63, 3.8) is 0 Å². The first-order chi connectivity index (χ1) is 18.3. The Morgan fingerprint density at radius 1 is 1.03 bits per heavy atom. The maximum Gasteiger partial charge on any atom is 0.247 e. The van der Waals surface area contributed by atoms with Gasteiger partial charge in [-0.05, 0) is 31.2 Å². The maximum atomic E-state index is 11.8. The molecule has 3 heterocycles. The summed E-state index contributed by atoms with van der Waals surface area (Å²) >= 11 is 13.4. The molecule has 1 amide bonds. The monoisotopic (exact) mass is 549 g/mol. The van der Waals surface area contributed by atoms with E-state index >= 15 is 0 Å². The van der Waals surface area contributed by atoms with Crippen molar-refractivity contribution in [1.29, 1.82) is 0 Å². The highest BCUT2D eigenvalue weighted by atomic mass is 35.5. The van der Waals surface area contributed by atoms with Crippen LogP contribution in [-0.4, -0.2) is 44.7 Å². The molecule has 0 atom stereocenters. The van der Waals surface area contributed by atoms with Crippen molar-refractivity contribution in [1.82, 2.24) is 24.6 Å². The van der Waals surface area contributed by atoms with Crippen LogP contribution < -0.4 is 20.1 Å². The summed E-state index contributed by atoms with van der Waals surface area (Å²) in [6, 6.07) is 10.6. The van der Waals surface area contributed by atoms with Crippen LogP contribution in [0.5, 0.6) is 11.5 Å². The molecule has 0 aliphatic heterocycles. The number of benzene rings is 2. The zero-order valence-corrected chi connectivity index (χ0v) is 22.1. The number of hydrogen-bond donors (Lipinski definition) is 2. The smallest absolute Gasteiger partial charge is 0.247 e. The summed E-state index contributed by atoms with van der Waals surface area (Å²) in [4.78, 5) is 25.6. The number of halogens is 2. The molecule has 38 heavy (non-hydrogen) atoms. The van der Waals surface area contributed by atoms with Crippen LogP contribution in [0.2, 0.25) is 10.0 Å². The van der Waals surface area contributed by atoms with Crippen molar-refractivity contribution in [3.05, 3.63) is 71.1 Å². The number of fused-ring (bicyclic) bond motifs is 3. The van der Waals surface area contributed by atoms with Gasteiger partial charge < -0.3 is 20.1 Å². The number of aryl methyl sites for hydroxylation is 1. The number of rotatable bonds is 7.